The molecule has 2 rings (SSSR count). The number of aryl methyl sites for hydroxylation is 1. The molecule has 0 aliphatic heterocycles. The highest BCUT2D eigenvalue weighted by Crippen LogP contribution is 2.04. The maximum atomic E-state index is 11.7. The molecule has 2 aromatic rings. The van der Waals surface area contributed by atoms with E-state index in [-0.39, 0.29) is 5.56 Å². The van der Waals surface area contributed by atoms with Gasteiger partial charge in [0.25, 0.3) is 5.56 Å². The molecule has 19 heavy (non-hydrogen) atoms. The van der Waals surface area contributed by atoms with E-state index in [1.807, 2.05) is 13.0 Å². The molecule has 0 saturated heterocycles. The lowest BCUT2D eigenvalue weighted by Gasteiger charge is -2.06. The van der Waals surface area contributed by atoms with Gasteiger partial charge in [0.05, 0.1) is 18.2 Å². The Hall–Kier alpha value is -2.61. The van der Waals surface area contributed by atoms with Crippen molar-refractivity contribution < 1.29 is 0 Å². The fraction of sp³-hybridized carbons (Fsp3) is 0.214. The molecule has 1 aromatic heterocycles. The van der Waals surface area contributed by atoms with E-state index in [1.165, 1.54) is 4.57 Å². The van der Waals surface area contributed by atoms with E-state index in [2.05, 4.69) is 4.98 Å². The topological polar surface area (TPSA) is 78.7 Å². The second-order valence-corrected chi connectivity index (χ2v) is 4.20. The van der Waals surface area contributed by atoms with E-state index in [0.717, 1.165) is 5.56 Å². The summed E-state index contributed by atoms with van der Waals surface area (Å²) in [6, 6.07) is 9.03. The number of aromatic amines is 1. The lowest BCUT2D eigenvalue weighted by atomic mass is 10.1. The summed E-state index contributed by atoms with van der Waals surface area (Å²) in [6.07, 6.45) is 2.16. The van der Waals surface area contributed by atoms with Crippen LogP contribution in [0.4, 0.5) is 0 Å². The lowest BCUT2D eigenvalue weighted by Crippen LogP contribution is -2.31. The minimum absolute atomic E-state index is 0.330. The van der Waals surface area contributed by atoms with E-state index in [1.54, 1.807) is 30.5 Å². The van der Waals surface area contributed by atoms with Crippen LogP contribution in [0.1, 0.15) is 23.6 Å². The molecule has 1 N–H and O–H groups in total. The first-order valence-corrected chi connectivity index (χ1v) is 5.95. The number of aromatic nitrogens is 2. The van der Waals surface area contributed by atoms with Crippen LogP contribution >= 0.6 is 0 Å². The molecule has 0 fully saturated rings. The Bertz CT molecular complexity index is 733. The first kappa shape index (κ1) is 12.8. The van der Waals surface area contributed by atoms with Gasteiger partial charge in [-0.2, -0.15) is 5.26 Å². The molecular formula is C14H13N3O2. The monoisotopic (exact) mass is 255 g/mol. The molecule has 5 heteroatoms. The zero-order chi connectivity index (χ0) is 13.8. The van der Waals surface area contributed by atoms with Crippen molar-refractivity contribution in [2.45, 2.75) is 19.9 Å². The standard InChI is InChI=1S/C14H13N3O2/c1-2-12-9-17(14(19)16-13(12)18)8-11-5-3-10(7-15)4-6-11/h3-6,9H,2,8H2,1H3,(H,16,18,19). The lowest BCUT2D eigenvalue weighted by molar-refractivity contribution is 0.707. The van der Waals surface area contributed by atoms with Crippen LogP contribution in [-0.2, 0) is 13.0 Å². The number of nitriles is 1. The minimum Gasteiger partial charge on any atom is -0.296 e. The Morgan fingerprint density at radius 1 is 1.26 bits per heavy atom. The number of benzene rings is 1. The van der Waals surface area contributed by atoms with Gasteiger partial charge < -0.3 is 0 Å². The first-order valence-electron chi connectivity index (χ1n) is 5.95. The second kappa shape index (κ2) is 5.36. The SMILES string of the molecule is CCc1cn(Cc2ccc(C#N)cc2)c(=O)[nH]c1=O. The Morgan fingerprint density at radius 2 is 1.95 bits per heavy atom. The Balaban J connectivity index is 2.35. The molecule has 0 unspecified atom stereocenters. The minimum atomic E-state index is -0.424. The van der Waals surface area contributed by atoms with Crippen LogP contribution in [0.3, 0.4) is 0 Å². The van der Waals surface area contributed by atoms with Crippen LogP contribution in [0, 0.1) is 11.3 Å². The fourth-order valence-electron chi connectivity index (χ4n) is 1.81. The summed E-state index contributed by atoms with van der Waals surface area (Å²) in [5.41, 5.74) is 1.30. The van der Waals surface area contributed by atoms with Gasteiger partial charge in [-0.3, -0.25) is 14.3 Å². The van der Waals surface area contributed by atoms with Crippen LogP contribution in [0.25, 0.3) is 0 Å². The summed E-state index contributed by atoms with van der Waals surface area (Å²) in [6.45, 7) is 2.23. The maximum Gasteiger partial charge on any atom is 0.328 e. The maximum absolute atomic E-state index is 11.7. The summed E-state index contributed by atoms with van der Waals surface area (Å²) in [4.78, 5) is 25.4. The van der Waals surface area contributed by atoms with E-state index in [9.17, 15) is 9.59 Å². The largest absolute Gasteiger partial charge is 0.328 e. The van der Waals surface area contributed by atoms with Crippen molar-refractivity contribution in [3.63, 3.8) is 0 Å². The molecule has 0 aliphatic rings. The number of nitrogens with one attached hydrogen (secondary N) is 1. The van der Waals surface area contributed by atoms with Crippen molar-refractivity contribution in [2.75, 3.05) is 0 Å². The van der Waals surface area contributed by atoms with Crippen molar-refractivity contribution in [3.05, 3.63) is 68.0 Å². The Labute approximate surface area is 109 Å². The zero-order valence-electron chi connectivity index (χ0n) is 10.5. The van der Waals surface area contributed by atoms with Crippen molar-refractivity contribution in [2.24, 2.45) is 0 Å². The first-order chi connectivity index (χ1) is 9.13. The molecule has 1 aromatic carbocycles. The highest BCUT2D eigenvalue weighted by molar-refractivity contribution is 5.31. The van der Waals surface area contributed by atoms with Crippen molar-refractivity contribution in [3.8, 4) is 6.07 Å². The molecule has 0 radical (unpaired) electrons. The molecule has 0 aliphatic carbocycles. The second-order valence-electron chi connectivity index (χ2n) is 4.20. The van der Waals surface area contributed by atoms with Gasteiger partial charge in [-0.1, -0.05) is 19.1 Å². The van der Waals surface area contributed by atoms with Gasteiger partial charge in [0.1, 0.15) is 0 Å². The summed E-state index contributed by atoms with van der Waals surface area (Å²) >= 11 is 0. The number of nitrogens with zero attached hydrogens (tertiary/aromatic N) is 2. The third kappa shape index (κ3) is 2.80. The molecular weight excluding hydrogens is 242 g/mol. The molecule has 0 bridgehead atoms. The summed E-state index contributed by atoms with van der Waals surface area (Å²) < 4.78 is 1.46. The van der Waals surface area contributed by atoms with Gasteiger partial charge in [-0.25, -0.2) is 4.79 Å². The van der Waals surface area contributed by atoms with E-state index < -0.39 is 5.69 Å². The fourth-order valence-corrected chi connectivity index (χ4v) is 1.81. The molecule has 1 heterocycles. The quantitative estimate of drug-likeness (QED) is 0.889. The molecule has 0 atom stereocenters. The van der Waals surface area contributed by atoms with E-state index in [4.69, 9.17) is 5.26 Å². The summed E-state index contributed by atoms with van der Waals surface area (Å²) in [5.74, 6) is 0. The number of H-pyrrole nitrogens is 1. The highest BCUT2D eigenvalue weighted by Gasteiger charge is 2.03. The van der Waals surface area contributed by atoms with Crippen molar-refractivity contribution >= 4 is 0 Å². The van der Waals surface area contributed by atoms with Gasteiger partial charge in [-0.05, 0) is 24.1 Å². The normalized spacial score (nSPS) is 10.1. The third-order valence-corrected chi connectivity index (χ3v) is 2.90. The number of hydrogen-bond acceptors (Lipinski definition) is 3. The third-order valence-electron chi connectivity index (χ3n) is 2.90. The Morgan fingerprint density at radius 3 is 2.53 bits per heavy atom. The smallest absolute Gasteiger partial charge is 0.296 e. The molecule has 5 nitrogen and oxygen atoms in total. The average Bonchev–Trinajstić information content (AvgIpc) is 2.42. The average molecular weight is 255 g/mol. The van der Waals surface area contributed by atoms with Crippen LogP contribution < -0.4 is 11.2 Å². The van der Waals surface area contributed by atoms with E-state index >= 15 is 0 Å². The van der Waals surface area contributed by atoms with Gasteiger partial charge in [0.15, 0.2) is 0 Å². The van der Waals surface area contributed by atoms with Crippen LogP contribution in [0.5, 0.6) is 0 Å². The molecule has 96 valence electrons. The molecule has 0 saturated carbocycles. The highest BCUT2D eigenvalue weighted by atomic mass is 16.2. The number of hydrogen-bond donors (Lipinski definition) is 1. The molecule has 0 amide bonds. The van der Waals surface area contributed by atoms with Crippen molar-refractivity contribution in [1.29, 1.82) is 5.26 Å². The van der Waals surface area contributed by atoms with Gasteiger partial charge in [0, 0.05) is 11.8 Å². The molecule has 0 spiro atoms. The summed E-state index contributed by atoms with van der Waals surface area (Å²) in [7, 11) is 0. The predicted molar refractivity (Wildman–Crippen MR) is 71.0 cm³/mol. The van der Waals surface area contributed by atoms with Crippen LogP contribution in [-0.4, -0.2) is 9.55 Å². The van der Waals surface area contributed by atoms with Gasteiger partial charge in [0.2, 0.25) is 0 Å². The number of rotatable bonds is 3. The van der Waals surface area contributed by atoms with Crippen LogP contribution in [0.2, 0.25) is 0 Å². The van der Waals surface area contributed by atoms with E-state index in [0.29, 0.717) is 24.1 Å². The Kier molecular flexibility index (Phi) is 3.62. The zero-order valence-corrected chi connectivity index (χ0v) is 10.5. The van der Waals surface area contributed by atoms with Gasteiger partial charge >= 0.3 is 5.69 Å². The van der Waals surface area contributed by atoms with Crippen LogP contribution in [0.15, 0.2) is 40.1 Å². The predicted octanol–water partition coefficient (Wildman–Crippen LogP) is 1.02. The van der Waals surface area contributed by atoms with Gasteiger partial charge in [-0.15, -0.1) is 0 Å². The van der Waals surface area contributed by atoms with Crippen molar-refractivity contribution in [1.82, 2.24) is 9.55 Å². The summed E-state index contributed by atoms with van der Waals surface area (Å²) in [5, 5.41) is 8.72.